The highest BCUT2D eigenvalue weighted by molar-refractivity contribution is 7.89. The number of nitrogens with one attached hydrogen (secondary N) is 2. The normalized spacial score (nSPS) is 15.4. The van der Waals surface area contributed by atoms with Crippen LogP contribution in [0.1, 0.15) is 24.0 Å². The summed E-state index contributed by atoms with van der Waals surface area (Å²) >= 11 is 0. The zero-order valence-corrected chi connectivity index (χ0v) is 17.4. The predicted molar refractivity (Wildman–Crippen MR) is 113 cm³/mol. The second kappa shape index (κ2) is 9.84. The highest BCUT2D eigenvalue weighted by Crippen LogP contribution is 2.21. The van der Waals surface area contributed by atoms with Crippen LogP contribution in [0.15, 0.2) is 58.4 Å². The highest BCUT2D eigenvalue weighted by atomic mass is 32.2. The van der Waals surface area contributed by atoms with Crippen LogP contribution in [0.4, 0.5) is 4.39 Å². The van der Waals surface area contributed by atoms with Crippen molar-refractivity contribution in [1.29, 1.82) is 0 Å². The fourth-order valence-electron chi connectivity index (χ4n) is 3.24. The third-order valence-corrected chi connectivity index (χ3v) is 6.84. The molecule has 0 saturated carbocycles. The molecule has 1 aliphatic heterocycles. The summed E-state index contributed by atoms with van der Waals surface area (Å²) < 4.78 is 39.6. The lowest BCUT2D eigenvalue weighted by Crippen LogP contribution is -2.37. The molecule has 1 aliphatic rings. The van der Waals surface area contributed by atoms with Gasteiger partial charge >= 0.3 is 0 Å². The summed E-state index contributed by atoms with van der Waals surface area (Å²) in [4.78, 5) is 4.53. The van der Waals surface area contributed by atoms with Crippen molar-refractivity contribution in [2.45, 2.75) is 30.7 Å². The molecule has 1 fully saturated rings. The van der Waals surface area contributed by atoms with Gasteiger partial charge in [-0.2, -0.15) is 4.31 Å². The third kappa shape index (κ3) is 5.77. The smallest absolute Gasteiger partial charge is 0.243 e. The largest absolute Gasteiger partial charge is 0.356 e. The molecule has 0 unspecified atom stereocenters. The SMILES string of the molecule is CN=C(NCCc1ccc(F)cc1)NCc1ccc(S(=O)(=O)N2CCCC2)cc1. The number of halogens is 1. The lowest BCUT2D eigenvalue weighted by molar-refractivity contribution is 0.477. The lowest BCUT2D eigenvalue weighted by Gasteiger charge is -2.16. The molecular formula is C21H27FN4O2S. The van der Waals surface area contributed by atoms with E-state index in [1.165, 1.54) is 12.1 Å². The van der Waals surface area contributed by atoms with Gasteiger partial charge in [0.15, 0.2) is 5.96 Å². The first kappa shape index (κ1) is 21.3. The van der Waals surface area contributed by atoms with E-state index in [1.54, 1.807) is 35.6 Å². The van der Waals surface area contributed by atoms with Crippen molar-refractivity contribution in [1.82, 2.24) is 14.9 Å². The Bertz CT molecular complexity index is 922. The molecule has 0 amide bonds. The van der Waals surface area contributed by atoms with Crippen molar-refractivity contribution >= 4 is 16.0 Å². The van der Waals surface area contributed by atoms with Crippen LogP contribution in [0.5, 0.6) is 0 Å². The molecule has 29 heavy (non-hydrogen) atoms. The molecular weight excluding hydrogens is 391 g/mol. The molecule has 6 nitrogen and oxygen atoms in total. The van der Waals surface area contributed by atoms with Gasteiger partial charge in [0, 0.05) is 33.2 Å². The van der Waals surface area contributed by atoms with Crippen molar-refractivity contribution in [3.63, 3.8) is 0 Å². The Morgan fingerprint density at radius 2 is 1.62 bits per heavy atom. The van der Waals surface area contributed by atoms with Crippen molar-refractivity contribution in [3.8, 4) is 0 Å². The minimum atomic E-state index is -3.38. The predicted octanol–water partition coefficient (Wildman–Crippen LogP) is 2.52. The molecule has 156 valence electrons. The Kier molecular flexibility index (Phi) is 7.22. The van der Waals surface area contributed by atoms with Crippen molar-refractivity contribution in [2.75, 3.05) is 26.7 Å². The number of benzene rings is 2. The molecule has 1 saturated heterocycles. The van der Waals surface area contributed by atoms with Gasteiger partial charge < -0.3 is 10.6 Å². The highest BCUT2D eigenvalue weighted by Gasteiger charge is 2.26. The number of aliphatic imine (C=N–C) groups is 1. The maximum Gasteiger partial charge on any atom is 0.243 e. The molecule has 3 rings (SSSR count). The zero-order valence-electron chi connectivity index (χ0n) is 16.6. The molecule has 0 atom stereocenters. The van der Waals surface area contributed by atoms with E-state index >= 15 is 0 Å². The number of hydrogen-bond acceptors (Lipinski definition) is 3. The summed E-state index contributed by atoms with van der Waals surface area (Å²) in [6, 6.07) is 13.4. The van der Waals surface area contributed by atoms with E-state index < -0.39 is 10.0 Å². The third-order valence-electron chi connectivity index (χ3n) is 4.93. The zero-order chi connectivity index (χ0) is 20.7. The van der Waals surface area contributed by atoms with Crippen LogP contribution in [0, 0.1) is 5.82 Å². The van der Waals surface area contributed by atoms with Gasteiger partial charge in [0.25, 0.3) is 0 Å². The van der Waals surface area contributed by atoms with E-state index in [0.717, 1.165) is 30.4 Å². The van der Waals surface area contributed by atoms with Crippen LogP contribution in [0.2, 0.25) is 0 Å². The van der Waals surface area contributed by atoms with Gasteiger partial charge in [-0.3, -0.25) is 4.99 Å². The monoisotopic (exact) mass is 418 g/mol. The molecule has 8 heteroatoms. The number of rotatable bonds is 7. The molecule has 0 spiro atoms. The molecule has 2 aromatic carbocycles. The Balaban J connectivity index is 1.48. The molecule has 0 radical (unpaired) electrons. The quantitative estimate of drug-likeness (QED) is 0.535. The first-order chi connectivity index (χ1) is 14.0. The molecule has 0 aromatic heterocycles. The van der Waals surface area contributed by atoms with Gasteiger partial charge in [-0.05, 0) is 54.7 Å². The van der Waals surface area contributed by atoms with Gasteiger partial charge in [-0.15, -0.1) is 0 Å². The average Bonchev–Trinajstić information content (AvgIpc) is 3.28. The van der Waals surface area contributed by atoms with Crippen LogP contribution >= 0.6 is 0 Å². The number of nitrogens with zero attached hydrogens (tertiary/aromatic N) is 2. The summed E-state index contributed by atoms with van der Waals surface area (Å²) in [7, 11) is -1.69. The summed E-state index contributed by atoms with van der Waals surface area (Å²) in [5, 5.41) is 6.43. The molecule has 0 aliphatic carbocycles. The topological polar surface area (TPSA) is 73.8 Å². The standard InChI is InChI=1S/C21H27FN4O2S/c1-23-21(24-13-12-17-4-8-19(22)9-5-17)25-16-18-6-10-20(11-7-18)29(27,28)26-14-2-3-15-26/h4-11H,2-3,12-16H2,1H3,(H2,23,24,25). The van der Waals surface area contributed by atoms with Crippen LogP contribution in [0.3, 0.4) is 0 Å². The van der Waals surface area contributed by atoms with E-state index in [2.05, 4.69) is 15.6 Å². The van der Waals surface area contributed by atoms with Crippen molar-refractivity contribution < 1.29 is 12.8 Å². The fraction of sp³-hybridized carbons (Fsp3) is 0.381. The first-order valence-corrected chi connectivity index (χ1v) is 11.2. The number of sulfonamides is 1. The van der Waals surface area contributed by atoms with Gasteiger partial charge in [0.05, 0.1) is 4.90 Å². The van der Waals surface area contributed by atoms with Crippen molar-refractivity contribution in [3.05, 3.63) is 65.5 Å². The number of guanidine groups is 1. The Morgan fingerprint density at radius 1 is 1.00 bits per heavy atom. The minimum Gasteiger partial charge on any atom is -0.356 e. The van der Waals surface area contributed by atoms with Gasteiger partial charge in [0.2, 0.25) is 10.0 Å². The maximum absolute atomic E-state index is 12.9. The summed E-state index contributed by atoms with van der Waals surface area (Å²) in [6.45, 7) is 2.40. The van der Waals surface area contributed by atoms with E-state index in [1.807, 2.05) is 12.1 Å². The molecule has 0 bridgehead atoms. The van der Waals surface area contributed by atoms with Crippen LogP contribution in [0.25, 0.3) is 0 Å². The van der Waals surface area contributed by atoms with E-state index in [9.17, 15) is 12.8 Å². The van der Waals surface area contributed by atoms with Gasteiger partial charge in [0.1, 0.15) is 5.82 Å². The lowest BCUT2D eigenvalue weighted by atomic mass is 10.1. The minimum absolute atomic E-state index is 0.238. The van der Waals surface area contributed by atoms with Crippen LogP contribution in [-0.2, 0) is 23.0 Å². The average molecular weight is 419 g/mol. The molecule has 1 heterocycles. The van der Waals surface area contributed by atoms with Gasteiger partial charge in [-0.25, -0.2) is 12.8 Å². The maximum atomic E-state index is 12.9. The van der Waals surface area contributed by atoms with Gasteiger partial charge in [-0.1, -0.05) is 24.3 Å². The number of hydrogen-bond donors (Lipinski definition) is 2. The Morgan fingerprint density at radius 3 is 2.24 bits per heavy atom. The van der Waals surface area contributed by atoms with Crippen LogP contribution < -0.4 is 10.6 Å². The van der Waals surface area contributed by atoms with Crippen LogP contribution in [-0.4, -0.2) is 45.4 Å². The summed E-state index contributed by atoms with van der Waals surface area (Å²) in [6.07, 6.45) is 2.60. The molecule has 2 aromatic rings. The van der Waals surface area contributed by atoms with E-state index in [4.69, 9.17) is 0 Å². The summed E-state index contributed by atoms with van der Waals surface area (Å²) in [5.41, 5.74) is 2.01. The fourth-order valence-corrected chi connectivity index (χ4v) is 4.76. The Labute approximate surface area is 171 Å². The van der Waals surface area contributed by atoms with E-state index in [0.29, 0.717) is 37.0 Å². The van der Waals surface area contributed by atoms with Crippen molar-refractivity contribution in [2.24, 2.45) is 4.99 Å². The second-order valence-electron chi connectivity index (χ2n) is 6.98. The van der Waals surface area contributed by atoms with E-state index in [-0.39, 0.29) is 5.82 Å². The summed E-state index contributed by atoms with van der Waals surface area (Å²) in [5.74, 6) is 0.416. The first-order valence-electron chi connectivity index (χ1n) is 9.77. The Hall–Kier alpha value is -2.45. The second-order valence-corrected chi connectivity index (χ2v) is 8.92. The molecule has 2 N–H and O–H groups in total.